The number of nitrogens with two attached hydrogens (primary N) is 1. The molecule has 7 rings (SSSR count). The van der Waals surface area contributed by atoms with Gasteiger partial charge in [0.1, 0.15) is 40.9 Å². The molecule has 248 valence electrons. The Labute approximate surface area is 262 Å². The predicted octanol–water partition coefficient (Wildman–Crippen LogP) is 4.32. The molecular weight excluding hydrogens is 613 g/mol. The highest BCUT2D eigenvalue weighted by Crippen LogP contribution is 2.47. The van der Waals surface area contributed by atoms with Crippen LogP contribution in [0.5, 0.6) is 11.9 Å². The summed E-state index contributed by atoms with van der Waals surface area (Å²) in [6.45, 7) is 8.02. The first-order valence-corrected chi connectivity index (χ1v) is 15.5. The lowest BCUT2D eigenvalue weighted by Crippen LogP contribution is -2.62. The second-order valence-corrected chi connectivity index (χ2v) is 12.7. The highest BCUT2D eigenvalue weighted by Gasteiger charge is 2.52. The van der Waals surface area contributed by atoms with Crippen molar-refractivity contribution in [2.45, 2.75) is 63.5 Å². The SMILES string of the molecule is CC[C@@H]1NCCN2c3nc(OC[C@]45COC[C@H]4CCN5C)nc4c(F)c(-c5cc(N)c(F)c(C)c5C(F)(F)F)nc(c34)O[C@@H](C)[C@H]12. The van der Waals surface area contributed by atoms with Gasteiger partial charge in [-0.2, -0.15) is 23.1 Å². The Bertz CT molecular complexity index is 1710. The zero-order chi connectivity index (χ0) is 32.7. The lowest BCUT2D eigenvalue weighted by Gasteiger charge is -2.43. The van der Waals surface area contributed by atoms with E-state index < -0.39 is 57.5 Å². The number of hydrogen-bond donors (Lipinski definition) is 2. The Hall–Kier alpha value is -3.56. The van der Waals surface area contributed by atoms with Crippen molar-refractivity contribution >= 4 is 22.4 Å². The van der Waals surface area contributed by atoms with Crippen molar-refractivity contribution < 1.29 is 36.2 Å². The maximum absolute atomic E-state index is 16.8. The van der Waals surface area contributed by atoms with E-state index in [1.165, 1.54) is 0 Å². The minimum atomic E-state index is -5.04. The maximum Gasteiger partial charge on any atom is 0.417 e. The average molecular weight is 650 g/mol. The molecule has 4 aliphatic heterocycles. The van der Waals surface area contributed by atoms with Gasteiger partial charge in [-0.15, -0.1) is 0 Å². The van der Waals surface area contributed by atoms with E-state index in [9.17, 15) is 17.6 Å². The van der Waals surface area contributed by atoms with Crippen LogP contribution < -0.4 is 25.4 Å². The van der Waals surface area contributed by atoms with Gasteiger partial charge in [-0.1, -0.05) is 6.92 Å². The number of alkyl halides is 3. The van der Waals surface area contributed by atoms with Crippen LogP contribution in [0.25, 0.3) is 22.2 Å². The van der Waals surface area contributed by atoms with Crippen LogP contribution in [0, 0.1) is 24.5 Å². The summed E-state index contributed by atoms with van der Waals surface area (Å²) in [4.78, 5) is 17.8. The van der Waals surface area contributed by atoms with Gasteiger partial charge in [0.15, 0.2) is 5.82 Å². The van der Waals surface area contributed by atoms with Crippen LogP contribution in [-0.4, -0.2) is 90.1 Å². The Balaban J connectivity index is 1.45. The fourth-order valence-corrected chi connectivity index (χ4v) is 7.78. The van der Waals surface area contributed by atoms with Gasteiger partial charge in [0.25, 0.3) is 0 Å². The number of fused-ring (bicyclic) bond motifs is 3. The molecule has 46 heavy (non-hydrogen) atoms. The molecule has 6 heterocycles. The molecular formula is C31H36F5N7O3. The van der Waals surface area contributed by atoms with Crippen molar-refractivity contribution in [1.29, 1.82) is 0 Å². The number of rotatable bonds is 5. The molecule has 10 nitrogen and oxygen atoms in total. The van der Waals surface area contributed by atoms with E-state index in [0.29, 0.717) is 32.1 Å². The Kier molecular flexibility index (Phi) is 7.44. The quantitative estimate of drug-likeness (QED) is 0.307. The summed E-state index contributed by atoms with van der Waals surface area (Å²) in [5, 5.41) is 3.62. The Morgan fingerprint density at radius 2 is 1.96 bits per heavy atom. The fraction of sp³-hybridized carbons (Fsp3) is 0.581. The summed E-state index contributed by atoms with van der Waals surface area (Å²) < 4.78 is 93.0. The molecule has 1 aromatic carbocycles. The van der Waals surface area contributed by atoms with Crippen molar-refractivity contribution in [2.75, 3.05) is 57.1 Å². The number of nitrogens with zero attached hydrogens (tertiary/aromatic N) is 5. The number of nitrogen functional groups attached to an aromatic ring is 1. The Morgan fingerprint density at radius 1 is 1.17 bits per heavy atom. The zero-order valence-corrected chi connectivity index (χ0v) is 26.0. The van der Waals surface area contributed by atoms with Crippen molar-refractivity contribution in [3.05, 3.63) is 28.8 Å². The molecule has 0 unspecified atom stereocenters. The summed E-state index contributed by atoms with van der Waals surface area (Å²) in [6.07, 6.45) is -3.89. The molecule has 0 spiro atoms. The van der Waals surface area contributed by atoms with E-state index in [0.717, 1.165) is 32.4 Å². The molecule has 2 aromatic heterocycles. The third-order valence-electron chi connectivity index (χ3n) is 10.3. The first kappa shape index (κ1) is 31.1. The summed E-state index contributed by atoms with van der Waals surface area (Å²) in [6, 6.07) is 0.322. The average Bonchev–Trinajstić information content (AvgIpc) is 3.54. The molecule has 5 atom stereocenters. The lowest BCUT2D eigenvalue weighted by atomic mass is 9.89. The maximum atomic E-state index is 16.8. The number of ether oxygens (including phenoxy) is 3. The third kappa shape index (κ3) is 4.64. The van der Waals surface area contributed by atoms with Gasteiger partial charge in [-0.05, 0) is 51.9 Å². The first-order chi connectivity index (χ1) is 21.9. The van der Waals surface area contributed by atoms with Gasteiger partial charge in [-0.3, -0.25) is 4.90 Å². The standard InChI is InChI=1S/C31H36F5N7O3/c1-5-19-26-15(3)46-28-20-25(23(33)24(39-28)17-10-18(37)22(32)14(2)21(17)31(34,35)36)40-29(41-27(20)43(26)9-7-38-19)45-13-30-12-44-11-16(30)6-8-42(30)4/h10,15-16,19,26,38H,5-9,11-13,37H2,1-4H3/t15-,16+,19-,26+,30+/m0/s1. The molecule has 15 heteroatoms. The number of piperazine rings is 1. The van der Waals surface area contributed by atoms with Gasteiger partial charge in [0.2, 0.25) is 5.88 Å². The summed E-state index contributed by atoms with van der Waals surface area (Å²) >= 11 is 0. The van der Waals surface area contributed by atoms with E-state index >= 15 is 4.39 Å². The summed E-state index contributed by atoms with van der Waals surface area (Å²) in [5.41, 5.74) is 0.902. The van der Waals surface area contributed by atoms with Crippen molar-refractivity contribution in [3.8, 4) is 23.1 Å². The highest BCUT2D eigenvalue weighted by atomic mass is 19.4. The molecule has 0 radical (unpaired) electrons. The molecule has 0 saturated carbocycles. The molecule has 0 bridgehead atoms. The molecule has 3 N–H and O–H groups in total. The van der Waals surface area contributed by atoms with E-state index in [-0.39, 0.29) is 47.4 Å². The second kappa shape index (κ2) is 11.0. The normalized spacial score (nSPS) is 27.8. The van der Waals surface area contributed by atoms with Crippen LogP contribution in [-0.2, 0) is 10.9 Å². The van der Waals surface area contributed by atoms with E-state index in [4.69, 9.17) is 24.9 Å². The number of aromatic nitrogens is 3. The van der Waals surface area contributed by atoms with E-state index in [2.05, 4.69) is 20.2 Å². The number of benzene rings is 1. The van der Waals surface area contributed by atoms with Gasteiger partial charge in [-0.25, -0.2) is 13.8 Å². The third-order valence-corrected chi connectivity index (χ3v) is 10.3. The van der Waals surface area contributed by atoms with Gasteiger partial charge in [0, 0.05) is 30.6 Å². The molecule has 3 saturated heterocycles. The smallest absolute Gasteiger partial charge is 0.417 e. The number of anilines is 2. The number of pyridine rings is 1. The van der Waals surface area contributed by atoms with Crippen LogP contribution >= 0.6 is 0 Å². The number of hydrogen-bond acceptors (Lipinski definition) is 10. The van der Waals surface area contributed by atoms with Gasteiger partial charge >= 0.3 is 12.2 Å². The van der Waals surface area contributed by atoms with Crippen LogP contribution in [0.1, 0.15) is 37.8 Å². The summed E-state index contributed by atoms with van der Waals surface area (Å²) in [5.74, 6) is -1.95. The second-order valence-electron chi connectivity index (χ2n) is 12.7. The van der Waals surface area contributed by atoms with Crippen LogP contribution in [0.4, 0.5) is 33.5 Å². The molecule has 0 aliphatic carbocycles. The molecule has 0 amide bonds. The molecule has 3 fully saturated rings. The number of likely N-dealkylation sites (tertiary alicyclic amines) is 1. The lowest BCUT2D eigenvalue weighted by molar-refractivity contribution is -0.137. The van der Waals surface area contributed by atoms with Crippen LogP contribution in [0.2, 0.25) is 0 Å². The Morgan fingerprint density at radius 3 is 2.70 bits per heavy atom. The highest BCUT2D eigenvalue weighted by molar-refractivity contribution is 5.97. The monoisotopic (exact) mass is 649 g/mol. The summed E-state index contributed by atoms with van der Waals surface area (Å²) in [7, 11) is 2.00. The number of likely N-dealkylation sites (N-methyl/N-ethyl adjacent to an activating group) is 1. The first-order valence-electron chi connectivity index (χ1n) is 15.5. The number of halogens is 5. The predicted molar refractivity (Wildman–Crippen MR) is 160 cm³/mol. The number of nitrogens with one attached hydrogen (secondary N) is 1. The van der Waals surface area contributed by atoms with Gasteiger partial charge in [0.05, 0.1) is 36.0 Å². The van der Waals surface area contributed by atoms with E-state index in [1.807, 2.05) is 25.8 Å². The van der Waals surface area contributed by atoms with Crippen LogP contribution in [0.15, 0.2) is 6.07 Å². The van der Waals surface area contributed by atoms with Crippen molar-refractivity contribution in [3.63, 3.8) is 0 Å². The largest absolute Gasteiger partial charge is 0.472 e. The topological polar surface area (TPSA) is 111 Å². The minimum absolute atomic E-state index is 0.0319. The zero-order valence-electron chi connectivity index (χ0n) is 26.0. The van der Waals surface area contributed by atoms with E-state index in [1.54, 1.807) is 0 Å². The fourth-order valence-electron chi connectivity index (χ4n) is 7.78. The van der Waals surface area contributed by atoms with Crippen molar-refractivity contribution in [2.24, 2.45) is 5.92 Å². The van der Waals surface area contributed by atoms with Crippen LogP contribution in [0.3, 0.4) is 0 Å². The minimum Gasteiger partial charge on any atom is -0.472 e. The molecule has 4 aliphatic rings. The molecule has 3 aromatic rings. The van der Waals surface area contributed by atoms with Crippen molar-refractivity contribution in [1.82, 2.24) is 25.2 Å². The van der Waals surface area contributed by atoms with Gasteiger partial charge < -0.3 is 30.2 Å².